The number of hydrogen-bond acceptors (Lipinski definition) is 3. The number of amides is 2. The summed E-state index contributed by atoms with van der Waals surface area (Å²) in [6.45, 7) is 2.23. The van der Waals surface area contributed by atoms with Crippen LogP contribution in [0.5, 0.6) is 0 Å². The largest absolute Gasteiger partial charge is 0.390 e. The predicted octanol–water partition coefficient (Wildman–Crippen LogP) is 1.77. The topological polar surface area (TPSA) is 60.9 Å². The van der Waals surface area contributed by atoms with E-state index >= 15 is 0 Å². The van der Waals surface area contributed by atoms with E-state index in [-0.39, 0.29) is 24.3 Å². The Morgan fingerprint density at radius 1 is 1.16 bits per heavy atom. The summed E-state index contributed by atoms with van der Waals surface area (Å²) in [7, 11) is 0. The second-order valence-corrected chi connectivity index (χ2v) is 7.84. The summed E-state index contributed by atoms with van der Waals surface area (Å²) in [6.07, 6.45) is 4.07. The van der Waals surface area contributed by atoms with E-state index in [0.29, 0.717) is 32.0 Å². The Hall–Kier alpha value is -1.88. The third kappa shape index (κ3) is 3.43. The fourth-order valence-electron chi connectivity index (χ4n) is 4.34. The molecule has 1 atom stereocenters. The van der Waals surface area contributed by atoms with Crippen molar-refractivity contribution in [3.05, 3.63) is 35.9 Å². The first kappa shape index (κ1) is 16.6. The Balaban J connectivity index is 1.30. The molecule has 5 nitrogen and oxygen atoms in total. The van der Waals surface area contributed by atoms with Crippen LogP contribution in [0.3, 0.4) is 0 Å². The van der Waals surface area contributed by atoms with Gasteiger partial charge in [0.2, 0.25) is 11.8 Å². The highest BCUT2D eigenvalue weighted by Crippen LogP contribution is 2.46. The molecule has 2 heterocycles. The molecule has 1 N–H and O–H groups in total. The van der Waals surface area contributed by atoms with Gasteiger partial charge in [0.1, 0.15) is 0 Å². The minimum absolute atomic E-state index is 0.0447. The van der Waals surface area contributed by atoms with Crippen LogP contribution in [0.2, 0.25) is 0 Å². The smallest absolute Gasteiger partial charge is 0.242 e. The van der Waals surface area contributed by atoms with E-state index in [1.54, 1.807) is 4.90 Å². The van der Waals surface area contributed by atoms with Gasteiger partial charge in [0.15, 0.2) is 0 Å². The molecular weight excluding hydrogens is 316 g/mol. The number of aliphatic hydroxyl groups is 1. The van der Waals surface area contributed by atoms with Crippen molar-refractivity contribution in [2.24, 2.45) is 5.92 Å². The van der Waals surface area contributed by atoms with Gasteiger partial charge in [0.25, 0.3) is 0 Å². The predicted molar refractivity (Wildman–Crippen MR) is 93.9 cm³/mol. The number of carbonyl (C=O) groups is 2. The summed E-state index contributed by atoms with van der Waals surface area (Å²) in [4.78, 5) is 28.4. The van der Waals surface area contributed by atoms with E-state index < -0.39 is 5.60 Å². The molecule has 1 aliphatic carbocycles. The molecule has 3 fully saturated rings. The van der Waals surface area contributed by atoms with Gasteiger partial charge in [-0.2, -0.15) is 0 Å². The molecule has 3 aliphatic rings. The van der Waals surface area contributed by atoms with Gasteiger partial charge in [0, 0.05) is 32.0 Å². The standard InChI is InChI=1S/C20H26N2O3/c23-18-12-16(15-4-2-1-3-5-15)13-22(18)14-19(24)21-10-6-17(7-11-21)20(25)8-9-20/h1-5,16-17,25H,6-14H2. The lowest BCUT2D eigenvalue weighted by Gasteiger charge is -2.35. The Bertz CT molecular complexity index is 648. The summed E-state index contributed by atoms with van der Waals surface area (Å²) in [5, 5.41) is 10.2. The molecule has 1 unspecified atom stereocenters. The Morgan fingerprint density at radius 2 is 1.84 bits per heavy atom. The molecule has 1 saturated carbocycles. The van der Waals surface area contributed by atoms with Crippen LogP contribution >= 0.6 is 0 Å². The van der Waals surface area contributed by atoms with Gasteiger partial charge in [-0.1, -0.05) is 30.3 Å². The van der Waals surface area contributed by atoms with Gasteiger partial charge < -0.3 is 14.9 Å². The van der Waals surface area contributed by atoms with Crippen LogP contribution in [-0.2, 0) is 9.59 Å². The molecule has 25 heavy (non-hydrogen) atoms. The quantitative estimate of drug-likeness (QED) is 0.907. The summed E-state index contributed by atoms with van der Waals surface area (Å²) in [5.41, 5.74) is 0.729. The molecule has 4 rings (SSSR count). The highest BCUT2D eigenvalue weighted by Gasteiger charge is 2.48. The fraction of sp³-hybridized carbons (Fsp3) is 0.600. The lowest BCUT2D eigenvalue weighted by atomic mass is 9.89. The maximum absolute atomic E-state index is 12.6. The molecule has 2 aliphatic heterocycles. The molecule has 0 aromatic heterocycles. The first-order valence-corrected chi connectivity index (χ1v) is 9.38. The number of benzene rings is 1. The van der Waals surface area contributed by atoms with E-state index in [1.807, 2.05) is 23.1 Å². The molecule has 5 heteroatoms. The van der Waals surface area contributed by atoms with Crippen LogP contribution in [-0.4, -0.2) is 58.5 Å². The summed E-state index contributed by atoms with van der Waals surface area (Å²) < 4.78 is 0. The zero-order valence-electron chi connectivity index (χ0n) is 14.6. The normalized spacial score (nSPS) is 26.1. The van der Waals surface area contributed by atoms with Crippen molar-refractivity contribution in [2.75, 3.05) is 26.2 Å². The number of likely N-dealkylation sites (tertiary alicyclic amines) is 2. The van der Waals surface area contributed by atoms with Crippen molar-refractivity contribution in [3.8, 4) is 0 Å². The zero-order chi connectivity index (χ0) is 17.4. The maximum Gasteiger partial charge on any atom is 0.242 e. The van der Waals surface area contributed by atoms with Crippen molar-refractivity contribution in [3.63, 3.8) is 0 Å². The molecule has 1 aromatic carbocycles. The van der Waals surface area contributed by atoms with Crippen LogP contribution in [0, 0.1) is 5.92 Å². The molecule has 2 saturated heterocycles. The van der Waals surface area contributed by atoms with Crippen LogP contribution in [0.4, 0.5) is 0 Å². The van der Waals surface area contributed by atoms with Gasteiger partial charge in [-0.3, -0.25) is 9.59 Å². The molecular formula is C20H26N2O3. The van der Waals surface area contributed by atoms with Gasteiger partial charge >= 0.3 is 0 Å². The Morgan fingerprint density at radius 3 is 2.48 bits per heavy atom. The Kier molecular flexibility index (Phi) is 4.28. The summed E-state index contributed by atoms with van der Waals surface area (Å²) in [5.74, 6) is 0.649. The lowest BCUT2D eigenvalue weighted by Crippen LogP contribution is -2.46. The van der Waals surface area contributed by atoms with E-state index in [1.165, 1.54) is 5.56 Å². The maximum atomic E-state index is 12.6. The zero-order valence-corrected chi connectivity index (χ0v) is 14.6. The monoisotopic (exact) mass is 342 g/mol. The van der Waals surface area contributed by atoms with Gasteiger partial charge in [-0.25, -0.2) is 0 Å². The Labute approximate surface area is 148 Å². The average Bonchev–Trinajstić information content (AvgIpc) is 3.29. The van der Waals surface area contributed by atoms with Crippen LogP contribution < -0.4 is 0 Å². The average molecular weight is 342 g/mol. The lowest BCUT2D eigenvalue weighted by molar-refractivity contribution is -0.139. The van der Waals surface area contributed by atoms with Crippen molar-refractivity contribution < 1.29 is 14.7 Å². The number of nitrogens with zero attached hydrogens (tertiary/aromatic N) is 2. The highest BCUT2D eigenvalue weighted by molar-refractivity contribution is 5.86. The molecule has 0 bridgehead atoms. The van der Waals surface area contributed by atoms with E-state index in [4.69, 9.17) is 0 Å². The number of rotatable bonds is 4. The molecule has 2 amide bonds. The number of hydrogen-bond donors (Lipinski definition) is 1. The minimum Gasteiger partial charge on any atom is -0.390 e. The number of piperidine rings is 1. The van der Waals surface area contributed by atoms with Crippen molar-refractivity contribution in [1.82, 2.24) is 9.80 Å². The van der Waals surface area contributed by atoms with Crippen LogP contribution in [0.1, 0.15) is 43.6 Å². The molecule has 0 radical (unpaired) electrons. The third-order valence-electron chi connectivity index (χ3n) is 6.18. The van der Waals surface area contributed by atoms with Crippen LogP contribution in [0.25, 0.3) is 0 Å². The molecule has 1 aromatic rings. The molecule has 134 valence electrons. The van der Waals surface area contributed by atoms with Crippen molar-refractivity contribution >= 4 is 11.8 Å². The third-order valence-corrected chi connectivity index (χ3v) is 6.18. The van der Waals surface area contributed by atoms with E-state index in [2.05, 4.69) is 12.1 Å². The summed E-state index contributed by atoms with van der Waals surface area (Å²) >= 11 is 0. The van der Waals surface area contributed by atoms with Gasteiger partial charge in [-0.05, 0) is 37.2 Å². The summed E-state index contributed by atoms with van der Waals surface area (Å²) in [6, 6.07) is 10.1. The van der Waals surface area contributed by atoms with Crippen LogP contribution in [0.15, 0.2) is 30.3 Å². The van der Waals surface area contributed by atoms with Gasteiger partial charge in [0.05, 0.1) is 12.1 Å². The SMILES string of the molecule is O=C(CN1CC(c2ccccc2)CC1=O)N1CCC(C2(O)CC2)CC1. The van der Waals surface area contributed by atoms with Crippen molar-refractivity contribution in [1.29, 1.82) is 0 Å². The van der Waals surface area contributed by atoms with Crippen molar-refractivity contribution in [2.45, 2.75) is 43.6 Å². The second kappa shape index (κ2) is 6.45. The highest BCUT2D eigenvalue weighted by atomic mass is 16.3. The van der Waals surface area contributed by atoms with Gasteiger partial charge in [-0.15, -0.1) is 0 Å². The first-order valence-electron chi connectivity index (χ1n) is 9.38. The molecule has 0 spiro atoms. The van der Waals surface area contributed by atoms with E-state index in [0.717, 1.165) is 25.7 Å². The number of carbonyl (C=O) groups excluding carboxylic acids is 2. The second-order valence-electron chi connectivity index (χ2n) is 7.84. The first-order chi connectivity index (χ1) is 12.0. The fourth-order valence-corrected chi connectivity index (χ4v) is 4.34. The van der Waals surface area contributed by atoms with E-state index in [9.17, 15) is 14.7 Å². The minimum atomic E-state index is -0.442.